The van der Waals surface area contributed by atoms with Crippen molar-refractivity contribution in [1.82, 2.24) is 4.90 Å². The van der Waals surface area contributed by atoms with Gasteiger partial charge in [-0.15, -0.1) is 0 Å². The highest BCUT2D eigenvalue weighted by Crippen LogP contribution is 2.03. The second kappa shape index (κ2) is 4.09. The average Bonchev–Trinajstić information content (AvgIpc) is 2.53. The Labute approximate surface area is 77.3 Å². The Kier molecular flexibility index (Phi) is 3.08. The molecule has 2 N–H and O–H groups in total. The van der Waals surface area contributed by atoms with Crippen molar-refractivity contribution in [2.75, 3.05) is 13.6 Å². The van der Waals surface area contributed by atoms with E-state index in [1.165, 1.54) is 12.5 Å². The topological polar surface area (TPSA) is 59.5 Å². The average molecular weight is 182 g/mol. The van der Waals surface area contributed by atoms with Gasteiger partial charge in [0.25, 0.3) is 5.91 Å². The molecule has 1 rings (SSSR count). The van der Waals surface area contributed by atoms with Crippen LogP contribution < -0.4 is 5.73 Å². The Morgan fingerprint density at radius 2 is 2.46 bits per heavy atom. The summed E-state index contributed by atoms with van der Waals surface area (Å²) in [6, 6.07) is 1.63. The fourth-order valence-corrected chi connectivity index (χ4v) is 1.12. The molecule has 0 aliphatic heterocycles. The monoisotopic (exact) mass is 182 g/mol. The van der Waals surface area contributed by atoms with E-state index in [0.29, 0.717) is 12.1 Å². The molecule has 0 spiro atoms. The number of furan rings is 1. The lowest BCUT2D eigenvalue weighted by atomic mass is 10.2. The van der Waals surface area contributed by atoms with Gasteiger partial charge in [-0.25, -0.2) is 0 Å². The number of nitrogens with zero attached hydrogens (tertiary/aromatic N) is 1. The highest BCUT2D eigenvalue weighted by atomic mass is 16.3. The number of rotatable bonds is 3. The minimum Gasteiger partial charge on any atom is -0.472 e. The van der Waals surface area contributed by atoms with Crippen LogP contribution in [-0.2, 0) is 0 Å². The molecule has 4 nitrogen and oxygen atoms in total. The summed E-state index contributed by atoms with van der Waals surface area (Å²) in [5.41, 5.74) is 6.13. The minimum atomic E-state index is -0.0638. The Bertz CT molecular complexity index is 267. The number of amides is 1. The second-order valence-electron chi connectivity index (χ2n) is 3.17. The van der Waals surface area contributed by atoms with Gasteiger partial charge in [0.1, 0.15) is 6.26 Å². The standard InChI is InChI=1S/C9H14N2O2/c1-7(10)5-11(2)9(12)8-3-4-13-6-8/h3-4,6-7H,5,10H2,1-2H3. The van der Waals surface area contributed by atoms with Crippen LogP contribution in [0.2, 0.25) is 0 Å². The van der Waals surface area contributed by atoms with Crippen molar-refractivity contribution in [3.8, 4) is 0 Å². The number of nitrogens with two attached hydrogens (primary N) is 1. The van der Waals surface area contributed by atoms with E-state index in [1.807, 2.05) is 6.92 Å². The number of hydrogen-bond donors (Lipinski definition) is 1. The molecule has 1 amide bonds. The molecule has 0 fully saturated rings. The highest BCUT2D eigenvalue weighted by Gasteiger charge is 2.13. The van der Waals surface area contributed by atoms with Crippen molar-refractivity contribution in [3.05, 3.63) is 24.2 Å². The molecule has 72 valence electrons. The molecular weight excluding hydrogens is 168 g/mol. The molecule has 0 bridgehead atoms. The lowest BCUT2D eigenvalue weighted by molar-refractivity contribution is 0.0788. The third-order valence-electron chi connectivity index (χ3n) is 1.68. The van der Waals surface area contributed by atoms with E-state index in [1.54, 1.807) is 18.0 Å². The molecule has 0 aliphatic rings. The summed E-state index contributed by atoms with van der Waals surface area (Å²) in [5.74, 6) is -0.0638. The summed E-state index contributed by atoms with van der Waals surface area (Å²) in [7, 11) is 1.72. The van der Waals surface area contributed by atoms with Crippen LogP contribution in [0.4, 0.5) is 0 Å². The van der Waals surface area contributed by atoms with Gasteiger partial charge in [-0.1, -0.05) is 0 Å². The normalized spacial score (nSPS) is 12.5. The molecule has 1 aromatic heterocycles. The van der Waals surface area contributed by atoms with E-state index in [9.17, 15) is 4.79 Å². The minimum absolute atomic E-state index is 0.0131. The van der Waals surface area contributed by atoms with Crippen molar-refractivity contribution in [1.29, 1.82) is 0 Å². The van der Waals surface area contributed by atoms with Gasteiger partial charge < -0.3 is 15.1 Å². The Morgan fingerprint density at radius 3 is 2.92 bits per heavy atom. The molecule has 0 aliphatic carbocycles. The van der Waals surface area contributed by atoms with E-state index in [4.69, 9.17) is 10.2 Å². The van der Waals surface area contributed by atoms with E-state index >= 15 is 0 Å². The molecule has 0 aromatic carbocycles. The smallest absolute Gasteiger partial charge is 0.256 e. The number of carbonyl (C=O) groups is 1. The predicted octanol–water partition coefficient (Wildman–Crippen LogP) is 0.699. The molecule has 0 saturated heterocycles. The maximum Gasteiger partial charge on any atom is 0.256 e. The SMILES string of the molecule is CC(N)CN(C)C(=O)c1ccoc1. The zero-order chi connectivity index (χ0) is 9.84. The maximum atomic E-state index is 11.6. The van der Waals surface area contributed by atoms with Crippen LogP contribution in [0.5, 0.6) is 0 Å². The summed E-state index contributed by atoms with van der Waals surface area (Å²) in [6.45, 7) is 2.41. The van der Waals surface area contributed by atoms with Gasteiger partial charge in [-0.3, -0.25) is 4.79 Å². The summed E-state index contributed by atoms with van der Waals surface area (Å²) in [5, 5.41) is 0. The molecule has 1 aromatic rings. The Morgan fingerprint density at radius 1 is 1.77 bits per heavy atom. The lowest BCUT2D eigenvalue weighted by Gasteiger charge is -2.18. The first-order valence-electron chi connectivity index (χ1n) is 4.14. The van der Waals surface area contributed by atoms with Crippen LogP contribution >= 0.6 is 0 Å². The van der Waals surface area contributed by atoms with Crippen LogP contribution in [0.1, 0.15) is 17.3 Å². The second-order valence-corrected chi connectivity index (χ2v) is 3.17. The van der Waals surface area contributed by atoms with Gasteiger partial charge in [0, 0.05) is 19.6 Å². The van der Waals surface area contributed by atoms with Crippen LogP contribution in [0.25, 0.3) is 0 Å². The molecule has 0 saturated carbocycles. The largest absolute Gasteiger partial charge is 0.472 e. The quantitative estimate of drug-likeness (QED) is 0.748. The van der Waals surface area contributed by atoms with Gasteiger partial charge >= 0.3 is 0 Å². The van der Waals surface area contributed by atoms with Gasteiger partial charge in [0.05, 0.1) is 11.8 Å². The van der Waals surface area contributed by atoms with Gasteiger partial charge in [-0.2, -0.15) is 0 Å². The van der Waals surface area contributed by atoms with E-state index in [2.05, 4.69) is 0 Å². The van der Waals surface area contributed by atoms with Crippen molar-refractivity contribution < 1.29 is 9.21 Å². The zero-order valence-corrected chi connectivity index (χ0v) is 7.86. The summed E-state index contributed by atoms with van der Waals surface area (Å²) in [6.07, 6.45) is 2.91. The Hall–Kier alpha value is -1.29. The fraction of sp³-hybridized carbons (Fsp3) is 0.444. The van der Waals surface area contributed by atoms with Crippen molar-refractivity contribution in [2.24, 2.45) is 5.73 Å². The first-order chi connectivity index (χ1) is 6.11. The van der Waals surface area contributed by atoms with Crippen LogP contribution in [0.15, 0.2) is 23.0 Å². The maximum absolute atomic E-state index is 11.6. The Balaban J connectivity index is 2.58. The van der Waals surface area contributed by atoms with Gasteiger partial charge in [0.15, 0.2) is 0 Å². The zero-order valence-electron chi connectivity index (χ0n) is 7.86. The first-order valence-corrected chi connectivity index (χ1v) is 4.14. The van der Waals surface area contributed by atoms with Crippen molar-refractivity contribution in [3.63, 3.8) is 0 Å². The number of hydrogen-bond acceptors (Lipinski definition) is 3. The summed E-state index contributed by atoms with van der Waals surface area (Å²) in [4.78, 5) is 13.1. The van der Waals surface area contributed by atoms with E-state index in [0.717, 1.165) is 0 Å². The summed E-state index contributed by atoms with van der Waals surface area (Å²) >= 11 is 0. The molecule has 1 unspecified atom stereocenters. The third-order valence-corrected chi connectivity index (χ3v) is 1.68. The van der Waals surface area contributed by atoms with E-state index in [-0.39, 0.29) is 11.9 Å². The van der Waals surface area contributed by atoms with Crippen LogP contribution in [-0.4, -0.2) is 30.4 Å². The molecular formula is C9H14N2O2. The predicted molar refractivity (Wildman–Crippen MR) is 49.3 cm³/mol. The van der Waals surface area contributed by atoms with Crippen LogP contribution in [0.3, 0.4) is 0 Å². The fourth-order valence-electron chi connectivity index (χ4n) is 1.12. The molecule has 13 heavy (non-hydrogen) atoms. The molecule has 4 heteroatoms. The molecule has 0 radical (unpaired) electrons. The van der Waals surface area contributed by atoms with E-state index < -0.39 is 0 Å². The summed E-state index contributed by atoms with van der Waals surface area (Å²) < 4.78 is 4.81. The van der Waals surface area contributed by atoms with Crippen LogP contribution in [0, 0.1) is 0 Å². The molecule has 1 atom stereocenters. The lowest BCUT2D eigenvalue weighted by Crippen LogP contribution is -2.36. The van der Waals surface area contributed by atoms with Gasteiger partial charge in [-0.05, 0) is 13.0 Å². The first kappa shape index (κ1) is 9.80. The number of likely N-dealkylation sites (N-methyl/N-ethyl adjacent to an activating group) is 1. The molecule has 1 heterocycles. The number of carbonyl (C=O) groups excluding carboxylic acids is 1. The van der Waals surface area contributed by atoms with Gasteiger partial charge in [0.2, 0.25) is 0 Å². The highest BCUT2D eigenvalue weighted by molar-refractivity contribution is 5.93. The third kappa shape index (κ3) is 2.59. The van der Waals surface area contributed by atoms with Crippen molar-refractivity contribution >= 4 is 5.91 Å². The van der Waals surface area contributed by atoms with Crippen molar-refractivity contribution in [2.45, 2.75) is 13.0 Å².